The molecular formula is C14H14O. The second-order valence-electron chi connectivity index (χ2n) is 3.92. The summed E-state index contributed by atoms with van der Waals surface area (Å²) in [6.07, 6.45) is 16.3. The molecule has 0 amide bonds. The molecule has 1 nitrogen and oxygen atoms in total. The quantitative estimate of drug-likeness (QED) is 0.678. The Morgan fingerprint density at radius 1 is 1.07 bits per heavy atom. The van der Waals surface area contributed by atoms with E-state index in [1.165, 1.54) is 5.92 Å². The zero-order valence-electron chi connectivity index (χ0n) is 8.81. The Morgan fingerprint density at radius 3 is 2.20 bits per heavy atom. The van der Waals surface area contributed by atoms with Crippen molar-refractivity contribution in [2.24, 2.45) is 5.92 Å². The Hall–Kier alpha value is -0.330. The lowest BCUT2D eigenvalue weighted by atomic mass is 9.85. The lowest BCUT2D eigenvalue weighted by molar-refractivity contribution is -0.117. The van der Waals surface area contributed by atoms with Gasteiger partial charge in [-0.05, 0) is 63.2 Å². The van der Waals surface area contributed by atoms with Crippen LogP contribution in [0.15, 0.2) is 0 Å². The SMILES string of the molecule is CC(CC(=O)[C]1[CH][CH][CH][CH]1)[C]1[CH][CH][CH][CH]1. The summed E-state index contributed by atoms with van der Waals surface area (Å²) in [5.74, 6) is 2.61. The number of Topliss-reactive ketones (excluding diaryl/α,β-unsaturated/α-hetero) is 1. The highest BCUT2D eigenvalue weighted by Crippen LogP contribution is 2.34. The molecule has 2 fully saturated rings. The molecule has 76 valence electrons. The van der Waals surface area contributed by atoms with E-state index >= 15 is 0 Å². The minimum Gasteiger partial charge on any atom is -0.299 e. The van der Waals surface area contributed by atoms with E-state index in [0.29, 0.717) is 12.3 Å². The highest BCUT2D eigenvalue weighted by molar-refractivity contribution is 5.97. The van der Waals surface area contributed by atoms with Crippen LogP contribution in [-0.4, -0.2) is 5.78 Å². The van der Waals surface area contributed by atoms with Gasteiger partial charge in [0.15, 0.2) is 0 Å². The average molecular weight is 198 g/mol. The van der Waals surface area contributed by atoms with Crippen molar-refractivity contribution in [2.75, 3.05) is 0 Å². The van der Waals surface area contributed by atoms with E-state index in [4.69, 9.17) is 0 Å². The van der Waals surface area contributed by atoms with Crippen molar-refractivity contribution in [1.82, 2.24) is 0 Å². The second-order valence-corrected chi connectivity index (χ2v) is 3.92. The molecule has 0 bridgehead atoms. The molecule has 15 heavy (non-hydrogen) atoms. The normalized spacial score (nSPS) is 25.9. The first kappa shape index (κ1) is 11.2. The van der Waals surface area contributed by atoms with Crippen LogP contribution >= 0.6 is 0 Å². The molecule has 1 heteroatoms. The number of rotatable bonds is 4. The zero-order chi connectivity index (χ0) is 10.7. The predicted molar refractivity (Wildman–Crippen MR) is 59.7 cm³/mol. The lowest BCUT2D eigenvalue weighted by Gasteiger charge is -2.18. The van der Waals surface area contributed by atoms with Crippen LogP contribution in [0, 0.1) is 69.1 Å². The summed E-state index contributed by atoms with van der Waals surface area (Å²) >= 11 is 0. The molecule has 2 saturated carbocycles. The standard InChI is InChI=1S/C14H14O/c1-11(12-6-2-3-7-12)10-14(15)13-8-4-5-9-13/h2-9,11H,10H2,1H3. The summed E-state index contributed by atoms with van der Waals surface area (Å²) in [5, 5.41) is 0. The molecule has 2 rings (SSSR count). The van der Waals surface area contributed by atoms with Crippen LogP contribution < -0.4 is 0 Å². The average Bonchev–Trinajstić information content (AvgIpc) is 2.91. The summed E-state index contributed by atoms with van der Waals surface area (Å²) in [6.45, 7) is 2.09. The van der Waals surface area contributed by atoms with Crippen LogP contribution in [0.25, 0.3) is 0 Å². The molecule has 0 aromatic rings. The van der Waals surface area contributed by atoms with Crippen molar-refractivity contribution in [3.63, 3.8) is 0 Å². The van der Waals surface area contributed by atoms with Gasteiger partial charge in [0.25, 0.3) is 0 Å². The van der Waals surface area contributed by atoms with Crippen molar-refractivity contribution in [3.8, 4) is 0 Å². The van der Waals surface area contributed by atoms with E-state index in [-0.39, 0.29) is 5.78 Å². The minimum absolute atomic E-state index is 0.230. The largest absolute Gasteiger partial charge is 0.299 e. The Labute approximate surface area is 93.6 Å². The maximum atomic E-state index is 11.8. The molecule has 1 unspecified atom stereocenters. The molecule has 0 N–H and O–H groups in total. The molecule has 2 aliphatic rings. The molecule has 0 aromatic carbocycles. The van der Waals surface area contributed by atoms with Crippen LogP contribution in [0.3, 0.4) is 0 Å². The van der Waals surface area contributed by atoms with Crippen LogP contribution in [0.2, 0.25) is 0 Å². The molecule has 1 atom stereocenters. The van der Waals surface area contributed by atoms with Gasteiger partial charge >= 0.3 is 0 Å². The molecule has 0 saturated heterocycles. The van der Waals surface area contributed by atoms with Gasteiger partial charge in [-0.3, -0.25) is 4.79 Å². The molecule has 0 aliphatic heterocycles. The summed E-state index contributed by atoms with van der Waals surface area (Å²) in [6, 6.07) is 0. The smallest absolute Gasteiger partial charge is 0.140 e. The first-order valence-electron chi connectivity index (χ1n) is 5.24. The highest BCUT2D eigenvalue weighted by Gasteiger charge is 2.29. The summed E-state index contributed by atoms with van der Waals surface area (Å²) in [7, 11) is 0. The van der Waals surface area contributed by atoms with Crippen molar-refractivity contribution in [3.05, 3.63) is 63.2 Å². The third-order valence-corrected chi connectivity index (χ3v) is 2.73. The number of hydrogen-bond acceptors (Lipinski definition) is 1. The van der Waals surface area contributed by atoms with E-state index in [1.807, 2.05) is 38.5 Å². The van der Waals surface area contributed by atoms with E-state index in [2.05, 4.69) is 19.8 Å². The first-order valence-corrected chi connectivity index (χ1v) is 5.24. The molecule has 0 spiro atoms. The summed E-state index contributed by atoms with van der Waals surface area (Å²) in [4.78, 5) is 11.8. The monoisotopic (exact) mass is 198 g/mol. The fraction of sp³-hybridized carbons (Fsp3) is 0.214. The van der Waals surface area contributed by atoms with E-state index in [0.717, 1.165) is 5.92 Å². The van der Waals surface area contributed by atoms with Crippen molar-refractivity contribution in [1.29, 1.82) is 0 Å². The maximum Gasteiger partial charge on any atom is 0.140 e. The predicted octanol–water partition coefficient (Wildman–Crippen LogP) is 2.39. The minimum atomic E-state index is 0.230. The van der Waals surface area contributed by atoms with Crippen molar-refractivity contribution >= 4 is 5.78 Å². The van der Waals surface area contributed by atoms with Gasteiger partial charge in [0, 0.05) is 12.3 Å². The number of carbonyl (C=O) groups excluding carboxylic acids is 1. The van der Waals surface area contributed by atoms with Gasteiger partial charge < -0.3 is 0 Å². The molecular weight excluding hydrogens is 184 g/mol. The zero-order valence-corrected chi connectivity index (χ0v) is 8.81. The molecule has 0 heterocycles. The van der Waals surface area contributed by atoms with Gasteiger partial charge in [-0.2, -0.15) is 0 Å². The van der Waals surface area contributed by atoms with Crippen LogP contribution in [-0.2, 0) is 4.79 Å². The van der Waals surface area contributed by atoms with Gasteiger partial charge in [0.2, 0.25) is 0 Å². The third kappa shape index (κ3) is 2.83. The Kier molecular flexibility index (Phi) is 3.82. The number of hydrogen-bond donors (Lipinski definition) is 0. The molecule has 2 aliphatic carbocycles. The highest BCUT2D eigenvalue weighted by atomic mass is 16.1. The summed E-state index contributed by atoms with van der Waals surface area (Å²) in [5.41, 5.74) is 0. The van der Waals surface area contributed by atoms with Gasteiger partial charge in [-0.25, -0.2) is 0 Å². The second kappa shape index (κ2) is 5.14. The first-order chi connectivity index (χ1) is 7.27. The Balaban J connectivity index is 1.77. The van der Waals surface area contributed by atoms with Crippen LogP contribution in [0.5, 0.6) is 0 Å². The molecule has 0 aromatic heterocycles. The molecule has 10 radical (unpaired) electrons. The Morgan fingerprint density at radius 2 is 1.60 bits per heavy atom. The number of carbonyl (C=O) groups is 1. The van der Waals surface area contributed by atoms with Gasteiger partial charge in [-0.15, -0.1) is 0 Å². The van der Waals surface area contributed by atoms with Gasteiger partial charge in [0.05, 0.1) is 0 Å². The maximum absolute atomic E-state index is 11.8. The van der Waals surface area contributed by atoms with Crippen LogP contribution in [0.4, 0.5) is 0 Å². The van der Waals surface area contributed by atoms with Crippen molar-refractivity contribution < 1.29 is 4.79 Å². The topological polar surface area (TPSA) is 17.1 Å². The van der Waals surface area contributed by atoms with E-state index < -0.39 is 0 Å². The fourth-order valence-electron chi connectivity index (χ4n) is 1.79. The van der Waals surface area contributed by atoms with Gasteiger partial charge in [-0.1, -0.05) is 6.92 Å². The lowest BCUT2D eigenvalue weighted by Crippen LogP contribution is -2.17. The third-order valence-electron chi connectivity index (χ3n) is 2.73. The van der Waals surface area contributed by atoms with Crippen LogP contribution in [0.1, 0.15) is 13.3 Å². The van der Waals surface area contributed by atoms with E-state index in [9.17, 15) is 4.79 Å². The fourth-order valence-corrected chi connectivity index (χ4v) is 1.79. The summed E-state index contributed by atoms with van der Waals surface area (Å²) < 4.78 is 0. The Bertz CT molecular complexity index is 209. The van der Waals surface area contributed by atoms with E-state index in [1.54, 1.807) is 0 Å². The number of ketones is 1. The van der Waals surface area contributed by atoms with Crippen molar-refractivity contribution in [2.45, 2.75) is 13.3 Å². The van der Waals surface area contributed by atoms with Gasteiger partial charge in [0.1, 0.15) is 5.78 Å².